The number of hydrogen-bond acceptors (Lipinski definition) is 2. The van der Waals surface area contributed by atoms with E-state index >= 15 is 0 Å². The second-order valence-electron chi connectivity index (χ2n) is 10.7. The highest BCUT2D eigenvalue weighted by atomic mass is 79.9. The van der Waals surface area contributed by atoms with Crippen molar-refractivity contribution in [2.75, 3.05) is 13.1 Å². The number of halogens is 4. The SMILES string of the molecule is C=CC(=O)N1Cc2ccc(Br)cc2[C@@H](c2ccccc2Br)C1.C=CC(=O)N1Cc2ccc(Br)cc2[C@H](c2ccccc2Br)C1. The van der Waals surface area contributed by atoms with Crippen LogP contribution in [0.2, 0.25) is 0 Å². The van der Waals surface area contributed by atoms with Crippen molar-refractivity contribution in [3.8, 4) is 0 Å². The van der Waals surface area contributed by atoms with E-state index in [0.29, 0.717) is 26.2 Å². The van der Waals surface area contributed by atoms with Gasteiger partial charge in [-0.15, -0.1) is 0 Å². The Morgan fingerprint density at radius 2 is 0.977 bits per heavy atom. The molecule has 0 saturated heterocycles. The molecular formula is C36H30Br4N2O2. The van der Waals surface area contributed by atoms with Crippen LogP contribution in [0.5, 0.6) is 0 Å². The van der Waals surface area contributed by atoms with E-state index in [9.17, 15) is 9.59 Å². The molecule has 0 unspecified atom stereocenters. The first kappa shape index (κ1) is 32.6. The Hall–Kier alpha value is -2.78. The fourth-order valence-electron chi connectivity index (χ4n) is 5.89. The Balaban J connectivity index is 0.000000175. The highest BCUT2D eigenvalue weighted by Gasteiger charge is 2.30. The molecule has 0 fully saturated rings. The summed E-state index contributed by atoms with van der Waals surface area (Å²) >= 11 is 14.4. The van der Waals surface area contributed by atoms with Crippen molar-refractivity contribution in [2.45, 2.75) is 24.9 Å². The molecule has 2 aliphatic rings. The number of benzene rings is 4. The summed E-state index contributed by atoms with van der Waals surface area (Å²) in [5, 5.41) is 0. The Labute approximate surface area is 292 Å². The summed E-state index contributed by atoms with van der Waals surface area (Å²) in [5.74, 6) is 0.262. The van der Waals surface area contributed by atoms with E-state index in [-0.39, 0.29) is 23.7 Å². The standard InChI is InChI=1S/2C18H15Br2NO/c2*1-2-18(22)21-10-12-7-8-13(19)9-15(12)16(11-21)14-5-3-4-6-17(14)20/h2*2-9,16H,1,10-11H2/t2*16-/m10/s1. The highest BCUT2D eigenvalue weighted by Crippen LogP contribution is 2.39. The van der Waals surface area contributed by atoms with E-state index < -0.39 is 0 Å². The molecule has 2 heterocycles. The molecule has 2 amide bonds. The maximum Gasteiger partial charge on any atom is 0.246 e. The average molecular weight is 842 g/mol. The maximum atomic E-state index is 12.1. The van der Waals surface area contributed by atoms with Gasteiger partial charge in [0.1, 0.15) is 0 Å². The lowest BCUT2D eigenvalue weighted by Crippen LogP contribution is -2.37. The van der Waals surface area contributed by atoms with Gasteiger partial charge in [0, 0.05) is 55.9 Å². The average Bonchev–Trinajstić information content (AvgIpc) is 3.04. The first-order valence-electron chi connectivity index (χ1n) is 14.1. The van der Waals surface area contributed by atoms with E-state index in [1.54, 1.807) is 0 Å². The first-order valence-corrected chi connectivity index (χ1v) is 17.3. The molecule has 8 heteroatoms. The van der Waals surface area contributed by atoms with Crippen LogP contribution in [-0.2, 0) is 22.7 Å². The summed E-state index contributed by atoms with van der Waals surface area (Å²) in [6.45, 7) is 9.82. The van der Waals surface area contributed by atoms with Crippen LogP contribution < -0.4 is 0 Å². The molecule has 4 aromatic carbocycles. The summed E-state index contributed by atoms with van der Waals surface area (Å²) in [6, 6.07) is 28.9. The quantitative estimate of drug-likeness (QED) is 0.192. The minimum atomic E-state index is -0.0226. The van der Waals surface area contributed by atoms with Crippen LogP contribution >= 0.6 is 63.7 Å². The van der Waals surface area contributed by atoms with Gasteiger partial charge in [-0.05, 0) is 81.9 Å². The lowest BCUT2D eigenvalue weighted by Gasteiger charge is -2.35. The Morgan fingerprint density at radius 3 is 1.34 bits per heavy atom. The van der Waals surface area contributed by atoms with Crippen molar-refractivity contribution in [1.29, 1.82) is 0 Å². The van der Waals surface area contributed by atoms with Crippen molar-refractivity contribution in [1.82, 2.24) is 9.80 Å². The number of nitrogens with zero attached hydrogens (tertiary/aromatic N) is 2. The molecule has 4 nitrogen and oxygen atoms in total. The van der Waals surface area contributed by atoms with Gasteiger partial charge in [0.05, 0.1) is 0 Å². The van der Waals surface area contributed by atoms with Gasteiger partial charge in [0.15, 0.2) is 0 Å². The zero-order valence-corrected chi connectivity index (χ0v) is 30.2. The van der Waals surface area contributed by atoms with Gasteiger partial charge in [-0.25, -0.2) is 0 Å². The second-order valence-corrected chi connectivity index (χ2v) is 14.2. The highest BCUT2D eigenvalue weighted by molar-refractivity contribution is 9.11. The topological polar surface area (TPSA) is 40.6 Å². The molecule has 0 spiro atoms. The molecule has 0 aromatic heterocycles. The summed E-state index contributed by atoms with van der Waals surface area (Å²) in [4.78, 5) is 27.9. The minimum Gasteiger partial charge on any atom is -0.334 e. The third kappa shape index (κ3) is 7.20. The molecule has 0 bridgehead atoms. The molecule has 44 heavy (non-hydrogen) atoms. The molecule has 224 valence electrons. The number of hydrogen-bond donors (Lipinski definition) is 0. The van der Waals surface area contributed by atoms with E-state index in [4.69, 9.17) is 0 Å². The lowest BCUT2D eigenvalue weighted by atomic mass is 9.84. The van der Waals surface area contributed by atoms with Crippen molar-refractivity contribution in [3.05, 3.63) is 162 Å². The summed E-state index contributed by atoms with van der Waals surface area (Å²) in [5.41, 5.74) is 7.31. The predicted molar refractivity (Wildman–Crippen MR) is 191 cm³/mol. The molecule has 6 rings (SSSR count). The summed E-state index contributed by atoms with van der Waals surface area (Å²) < 4.78 is 4.26. The van der Waals surface area contributed by atoms with Gasteiger partial charge in [-0.2, -0.15) is 0 Å². The summed E-state index contributed by atoms with van der Waals surface area (Å²) in [7, 11) is 0. The zero-order valence-electron chi connectivity index (χ0n) is 23.9. The van der Waals surface area contributed by atoms with Crippen LogP contribution in [0.15, 0.2) is 128 Å². The Morgan fingerprint density at radius 1 is 0.591 bits per heavy atom. The van der Waals surface area contributed by atoms with Gasteiger partial charge in [0.2, 0.25) is 11.8 Å². The van der Waals surface area contributed by atoms with E-state index in [1.165, 1.54) is 45.5 Å². The Bertz CT molecular complexity index is 1610. The van der Waals surface area contributed by atoms with Gasteiger partial charge in [-0.1, -0.05) is 125 Å². The largest absolute Gasteiger partial charge is 0.334 e. The molecule has 2 aliphatic heterocycles. The number of carbonyl (C=O) groups excluding carboxylic acids is 2. The van der Waals surface area contributed by atoms with E-state index in [0.717, 1.165) is 17.9 Å². The van der Waals surface area contributed by atoms with Crippen molar-refractivity contribution >= 4 is 75.5 Å². The molecule has 4 aromatic rings. The molecule has 0 aliphatic carbocycles. The molecule has 0 N–H and O–H groups in total. The molecule has 0 saturated carbocycles. The molecule has 0 radical (unpaired) electrons. The third-order valence-corrected chi connectivity index (χ3v) is 10.5. The van der Waals surface area contributed by atoms with E-state index in [2.05, 4.69) is 113 Å². The molecular weight excluding hydrogens is 812 g/mol. The third-order valence-electron chi connectivity index (χ3n) is 8.03. The fourth-order valence-corrected chi connectivity index (χ4v) is 7.77. The predicted octanol–water partition coefficient (Wildman–Crippen LogP) is 9.74. The Kier molecular flexibility index (Phi) is 10.8. The fraction of sp³-hybridized carbons (Fsp3) is 0.167. The number of carbonyl (C=O) groups is 2. The van der Waals surface area contributed by atoms with Gasteiger partial charge in [-0.3, -0.25) is 9.59 Å². The van der Waals surface area contributed by atoms with Crippen LogP contribution in [0.3, 0.4) is 0 Å². The number of rotatable bonds is 4. The van der Waals surface area contributed by atoms with Crippen LogP contribution in [0.4, 0.5) is 0 Å². The van der Waals surface area contributed by atoms with Crippen molar-refractivity contribution in [2.24, 2.45) is 0 Å². The van der Waals surface area contributed by atoms with Gasteiger partial charge < -0.3 is 9.80 Å². The van der Waals surface area contributed by atoms with Gasteiger partial charge in [0.25, 0.3) is 0 Å². The van der Waals surface area contributed by atoms with Crippen LogP contribution in [0, 0.1) is 0 Å². The molecule has 2 atom stereocenters. The number of amides is 2. The second kappa shape index (κ2) is 14.5. The lowest BCUT2D eigenvalue weighted by molar-refractivity contribution is -0.127. The zero-order chi connectivity index (χ0) is 31.4. The first-order chi connectivity index (χ1) is 21.2. The van der Waals surface area contributed by atoms with Gasteiger partial charge >= 0.3 is 0 Å². The van der Waals surface area contributed by atoms with Crippen molar-refractivity contribution in [3.63, 3.8) is 0 Å². The van der Waals surface area contributed by atoms with Crippen molar-refractivity contribution < 1.29 is 9.59 Å². The van der Waals surface area contributed by atoms with Crippen LogP contribution in [-0.4, -0.2) is 34.7 Å². The minimum absolute atomic E-state index is 0.0226. The maximum absolute atomic E-state index is 12.1. The summed E-state index contributed by atoms with van der Waals surface area (Å²) in [6.07, 6.45) is 2.78. The van der Waals surface area contributed by atoms with E-state index in [1.807, 2.05) is 58.3 Å². The van der Waals surface area contributed by atoms with Crippen LogP contribution in [0.1, 0.15) is 45.2 Å². The number of fused-ring (bicyclic) bond motifs is 2. The van der Waals surface area contributed by atoms with Crippen LogP contribution in [0.25, 0.3) is 0 Å². The normalized spacial score (nSPS) is 17.0. The monoisotopic (exact) mass is 838 g/mol. The smallest absolute Gasteiger partial charge is 0.246 e.